The van der Waals surface area contributed by atoms with Gasteiger partial charge < -0.3 is 0 Å². The summed E-state index contributed by atoms with van der Waals surface area (Å²) in [5.41, 5.74) is 1.69. The second-order valence-corrected chi connectivity index (χ2v) is 4.13. The van der Waals surface area contributed by atoms with E-state index in [1.165, 1.54) is 11.5 Å². The summed E-state index contributed by atoms with van der Waals surface area (Å²) >= 11 is 3.41. The zero-order valence-electron chi connectivity index (χ0n) is 6.73. The van der Waals surface area contributed by atoms with Crippen LogP contribution in [0.5, 0.6) is 0 Å². The van der Waals surface area contributed by atoms with E-state index in [-0.39, 0.29) is 0 Å². The van der Waals surface area contributed by atoms with Gasteiger partial charge in [-0.15, -0.1) is 0 Å². The molecule has 0 fully saturated rings. The molecular formula is C7H5IN4S. The molecule has 4 nitrogen and oxygen atoms in total. The molecule has 0 aliphatic carbocycles. The molecule has 2 aromatic rings. The molecule has 0 radical (unpaired) electrons. The van der Waals surface area contributed by atoms with Crippen LogP contribution in [-0.2, 0) is 0 Å². The molecule has 0 saturated heterocycles. The van der Waals surface area contributed by atoms with Gasteiger partial charge >= 0.3 is 0 Å². The molecule has 13 heavy (non-hydrogen) atoms. The van der Waals surface area contributed by atoms with E-state index in [0.29, 0.717) is 0 Å². The van der Waals surface area contributed by atoms with Gasteiger partial charge in [0.1, 0.15) is 5.69 Å². The normalized spacial score (nSPS) is 10.3. The summed E-state index contributed by atoms with van der Waals surface area (Å²) in [5.74, 6) is 0. The average molecular weight is 304 g/mol. The summed E-state index contributed by atoms with van der Waals surface area (Å²) in [6, 6.07) is 0. The van der Waals surface area contributed by atoms with Crippen LogP contribution in [0.4, 0.5) is 0 Å². The maximum absolute atomic E-state index is 4.20. The summed E-state index contributed by atoms with van der Waals surface area (Å²) in [4.78, 5) is 12.5. The van der Waals surface area contributed by atoms with Gasteiger partial charge in [0.25, 0.3) is 0 Å². The number of aromatic nitrogens is 4. The second kappa shape index (κ2) is 3.62. The zero-order chi connectivity index (χ0) is 9.26. The Morgan fingerprint density at radius 2 is 2.15 bits per heavy atom. The number of hydrogen-bond acceptors (Lipinski definition) is 5. The molecule has 0 N–H and O–H groups in total. The Hall–Kier alpha value is -0.630. The molecule has 0 bridgehead atoms. The van der Waals surface area contributed by atoms with Gasteiger partial charge in [0.2, 0.25) is 3.83 Å². The Balaban J connectivity index is 2.41. The van der Waals surface area contributed by atoms with Crippen molar-refractivity contribution in [1.29, 1.82) is 0 Å². The lowest BCUT2D eigenvalue weighted by molar-refractivity contribution is 1.11. The minimum atomic E-state index is 0.750. The van der Waals surface area contributed by atoms with Crippen LogP contribution in [0.25, 0.3) is 10.7 Å². The van der Waals surface area contributed by atoms with Gasteiger partial charge in [-0.25, -0.2) is 4.98 Å². The summed E-state index contributed by atoms with van der Waals surface area (Å²) < 4.78 is 4.81. The van der Waals surface area contributed by atoms with Crippen LogP contribution in [0.3, 0.4) is 0 Å². The smallest absolute Gasteiger partial charge is 0.203 e. The van der Waals surface area contributed by atoms with Crippen LogP contribution in [0, 0.1) is 10.8 Å². The van der Waals surface area contributed by atoms with Crippen LogP contribution in [0.1, 0.15) is 5.69 Å². The predicted octanol–water partition coefficient (Wildman–Crippen LogP) is 1.91. The third-order valence-electron chi connectivity index (χ3n) is 1.40. The lowest BCUT2D eigenvalue weighted by Crippen LogP contribution is -1.87. The highest BCUT2D eigenvalue weighted by Crippen LogP contribution is 2.18. The largest absolute Gasteiger partial charge is 0.258 e. The molecule has 2 rings (SSSR count). The molecule has 6 heteroatoms. The molecule has 2 aromatic heterocycles. The Labute approximate surface area is 92.8 Å². The van der Waals surface area contributed by atoms with Crippen molar-refractivity contribution in [1.82, 2.24) is 19.3 Å². The van der Waals surface area contributed by atoms with E-state index in [1.807, 2.05) is 6.92 Å². The molecule has 0 spiro atoms. The fourth-order valence-electron chi connectivity index (χ4n) is 0.813. The van der Waals surface area contributed by atoms with E-state index in [0.717, 1.165) is 20.2 Å². The number of halogens is 1. The standard InChI is InChI=1S/C7H5IN4S/c1-4-2-10-5(3-9-4)6-11-7(8)12-13-6/h2-3H,1H3. The van der Waals surface area contributed by atoms with Gasteiger partial charge in [-0.2, -0.15) is 4.37 Å². The number of aryl methyl sites for hydroxylation is 1. The Kier molecular flexibility index (Phi) is 2.49. The van der Waals surface area contributed by atoms with Crippen LogP contribution in [0.15, 0.2) is 12.4 Å². The predicted molar refractivity (Wildman–Crippen MR) is 58.4 cm³/mol. The van der Waals surface area contributed by atoms with Gasteiger partial charge in [0.05, 0.1) is 11.9 Å². The third kappa shape index (κ3) is 1.99. The summed E-state index contributed by atoms with van der Waals surface area (Å²) in [6.07, 6.45) is 3.44. The van der Waals surface area contributed by atoms with Gasteiger partial charge in [0, 0.05) is 28.8 Å². The third-order valence-corrected chi connectivity index (χ3v) is 2.95. The molecule has 2 heterocycles. The number of hydrogen-bond donors (Lipinski definition) is 0. The van der Waals surface area contributed by atoms with Gasteiger partial charge in [-0.1, -0.05) is 0 Å². The van der Waals surface area contributed by atoms with Crippen molar-refractivity contribution >= 4 is 34.1 Å². The summed E-state index contributed by atoms with van der Waals surface area (Å²) in [7, 11) is 0. The fraction of sp³-hybridized carbons (Fsp3) is 0.143. The summed E-state index contributed by atoms with van der Waals surface area (Å²) in [6.45, 7) is 1.90. The first-order valence-electron chi connectivity index (χ1n) is 3.54. The first kappa shape index (κ1) is 8.95. The van der Waals surface area contributed by atoms with Crippen molar-refractivity contribution in [3.63, 3.8) is 0 Å². The van der Waals surface area contributed by atoms with Crippen molar-refractivity contribution < 1.29 is 0 Å². The molecule has 0 aliphatic heterocycles. The Morgan fingerprint density at radius 3 is 2.69 bits per heavy atom. The van der Waals surface area contributed by atoms with Gasteiger partial charge in [-0.05, 0) is 18.5 Å². The molecular weight excluding hydrogens is 299 g/mol. The maximum atomic E-state index is 4.20. The Morgan fingerprint density at radius 1 is 1.31 bits per heavy atom. The number of rotatable bonds is 1. The van der Waals surface area contributed by atoms with Crippen LogP contribution >= 0.6 is 34.1 Å². The van der Waals surface area contributed by atoms with Crippen LogP contribution < -0.4 is 0 Å². The first-order valence-corrected chi connectivity index (χ1v) is 5.39. The highest BCUT2D eigenvalue weighted by atomic mass is 127. The summed E-state index contributed by atoms with van der Waals surface area (Å²) in [5, 5.41) is 0.817. The fourth-order valence-corrected chi connectivity index (χ4v) is 2.04. The van der Waals surface area contributed by atoms with E-state index in [1.54, 1.807) is 12.4 Å². The van der Waals surface area contributed by atoms with Gasteiger partial charge in [-0.3, -0.25) is 9.97 Å². The van der Waals surface area contributed by atoms with E-state index < -0.39 is 0 Å². The average Bonchev–Trinajstić information content (AvgIpc) is 2.53. The minimum Gasteiger partial charge on any atom is -0.258 e. The van der Waals surface area contributed by atoms with Crippen LogP contribution in [-0.4, -0.2) is 19.3 Å². The maximum Gasteiger partial charge on any atom is 0.203 e. The van der Waals surface area contributed by atoms with Gasteiger partial charge in [0.15, 0.2) is 5.01 Å². The topological polar surface area (TPSA) is 51.6 Å². The van der Waals surface area contributed by atoms with Crippen molar-refractivity contribution in [2.24, 2.45) is 0 Å². The molecule has 66 valence electrons. The van der Waals surface area contributed by atoms with Crippen molar-refractivity contribution in [2.45, 2.75) is 6.92 Å². The molecule has 0 atom stereocenters. The lowest BCUT2D eigenvalue weighted by Gasteiger charge is -1.93. The van der Waals surface area contributed by atoms with Crippen molar-refractivity contribution in [3.05, 3.63) is 21.9 Å². The highest BCUT2D eigenvalue weighted by molar-refractivity contribution is 14.1. The molecule has 0 saturated carbocycles. The molecule has 0 amide bonds. The monoisotopic (exact) mass is 304 g/mol. The first-order chi connectivity index (χ1) is 6.25. The number of nitrogens with zero attached hydrogens (tertiary/aromatic N) is 4. The van der Waals surface area contributed by atoms with Crippen molar-refractivity contribution in [2.75, 3.05) is 0 Å². The molecule has 0 unspecified atom stereocenters. The van der Waals surface area contributed by atoms with E-state index in [4.69, 9.17) is 0 Å². The van der Waals surface area contributed by atoms with E-state index >= 15 is 0 Å². The lowest BCUT2D eigenvalue weighted by atomic mass is 10.4. The van der Waals surface area contributed by atoms with Crippen molar-refractivity contribution in [3.8, 4) is 10.7 Å². The molecule has 0 aromatic carbocycles. The Bertz CT molecular complexity index is 411. The second-order valence-electron chi connectivity index (χ2n) is 2.41. The molecule has 0 aliphatic rings. The van der Waals surface area contributed by atoms with Crippen LogP contribution in [0.2, 0.25) is 0 Å². The minimum absolute atomic E-state index is 0.750. The zero-order valence-corrected chi connectivity index (χ0v) is 9.70. The SMILES string of the molecule is Cc1cnc(-c2nc(I)ns2)cn1. The highest BCUT2D eigenvalue weighted by Gasteiger charge is 2.05. The quantitative estimate of drug-likeness (QED) is 0.755. The van der Waals surface area contributed by atoms with E-state index in [9.17, 15) is 0 Å². The van der Waals surface area contributed by atoms with E-state index in [2.05, 4.69) is 41.9 Å².